The van der Waals surface area contributed by atoms with Gasteiger partial charge in [0.15, 0.2) is 0 Å². The molecule has 0 N–H and O–H groups in total. The first-order valence-electron chi connectivity index (χ1n) is 5.43. The van der Waals surface area contributed by atoms with Gasteiger partial charge in [0.1, 0.15) is 0 Å². The predicted octanol–water partition coefficient (Wildman–Crippen LogP) is 4.07. The van der Waals surface area contributed by atoms with Crippen molar-refractivity contribution in [1.29, 1.82) is 0 Å². The molecule has 0 aliphatic heterocycles. The molecule has 0 aliphatic carbocycles. The Labute approximate surface area is 111 Å². The number of benzene rings is 1. The lowest BCUT2D eigenvalue weighted by Gasteiger charge is -2.25. The maximum absolute atomic E-state index is 12.9. The fourth-order valence-corrected chi connectivity index (χ4v) is 1.39. The maximum atomic E-state index is 12.9. The van der Waals surface area contributed by atoms with Crippen LogP contribution in [-0.4, -0.2) is 24.2 Å². The highest BCUT2D eigenvalue weighted by atomic mass is 19.4. The average Bonchev–Trinajstić information content (AvgIpc) is 2.33. The van der Waals surface area contributed by atoms with E-state index >= 15 is 0 Å². The first kappa shape index (κ1) is 16.1. The highest BCUT2D eigenvalue weighted by molar-refractivity contribution is 5.89. The second kappa shape index (κ2) is 5.60. The van der Waals surface area contributed by atoms with E-state index in [0.29, 0.717) is 5.56 Å². The normalized spacial score (nSPS) is 13.7. The zero-order chi connectivity index (χ0) is 15.6. The summed E-state index contributed by atoms with van der Waals surface area (Å²) in [6.45, 7) is 3.50. The highest BCUT2D eigenvalue weighted by Crippen LogP contribution is 2.34. The monoisotopic (exact) mass is 294 g/mol. The van der Waals surface area contributed by atoms with Crippen LogP contribution in [0.25, 0.3) is 6.08 Å². The van der Waals surface area contributed by atoms with Gasteiger partial charge < -0.3 is 4.74 Å². The SMILES string of the molecule is C=Cc1ccc(C(=O)OC(C(C)(F)F)C(F)(F)F)cc1. The molecule has 110 valence electrons. The summed E-state index contributed by atoms with van der Waals surface area (Å²) in [6.07, 6.45) is -7.38. The van der Waals surface area contributed by atoms with Crippen molar-refractivity contribution in [1.82, 2.24) is 0 Å². The van der Waals surface area contributed by atoms with Crippen LogP contribution in [-0.2, 0) is 4.74 Å². The molecule has 2 nitrogen and oxygen atoms in total. The molecule has 20 heavy (non-hydrogen) atoms. The summed E-state index contributed by atoms with van der Waals surface area (Å²) in [7, 11) is 0. The summed E-state index contributed by atoms with van der Waals surface area (Å²) < 4.78 is 67.0. The van der Waals surface area contributed by atoms with Crippen molar-refractivity contribution in [3.8, 4) is 0 Å². The summed E-state index contributed by atoms with van der Waals surface area (Å²) >= 11 is 0. The van der Waals surface area contributed by atoms with Gasteiger partial charge in [-0.05, 0) is 17.7 Å². The summed E-state index contributed by atoms with van der Waals surface area (Å²) in [6, 6.07) is 5.13. The van der Waals surface area contributed by atoms with Gasteiger partial charge in [-0.1, -0.05) is 24.8 Å². The van der Waals surface area contributed by atoms with Gasteiger partial charge in [0, 0.05) is 6.92 Å². The molecule has 1 aromatic carbocycles. The molecule has 0 fully saturated rings. The predicted molar refractivity (Wildman–Crippen MR) is 62.4 cm³/mol. The van der Waals surface area contributed by atoms with Crippen molar-refractivity contribution < 1.29 is 31.5 Å². The van der Waals surface area contributed by atoms with E-state index in [1.165, 1.54) is 30.3 Å². The summed E-state index contributed by atoms with van der Waals surface area (Å²) in [5.41, 5.74) is 0.365. The van der Waals surface area contributed by atoms with Crippen LogP contribution in [0.15, 0.2) is 30.8 Å². The standard InChI is InChI=1S/C13H11F5O2/c1-3-8-4-6-9(7-5-8)10(19)20-11(12(2,14)15)13(16,17)18/h3-7,11H,1H2,2H3. The third-order valence-corrected chi connectivity index (χ3v) is 2.36. The number of hydrogen-bond donors (Lipinski definition) is 0. The van der Waals surface area contributed by atoms with Gasteiger partial charge >= 0.3 is 12.1 Å². The lowest BCUT2D eigenvalue weighted by molar-refractivity contribution is -0.263. The van der Waals surface area contributed by atoms with Gasteiger partial charge in [-0.15, -0.1) is 0 Å². The van der Waals surface area contributed by atoms with Crippen molar-refractivity contribution in [2.45, 2.75) is 25.1 Å². The third-order valence-electron chi connectivity index (χ3n) is 2.36. The van der Waals surface area contributed by atoms with Crippen molar-refractivity contribution in [3.63, 3.8) is 0 Å². The smallest absolute Gasteiger partial charge is 0.431 e. The molecular weight excluding hydrogens is 283 g/mol. The molecule has 0 aromatic heterocycles. The molecule has 0 heterocycles. The quantitative estimate of drug-likeness (QED) is 0.618. The van der Waals surface area contributed by atoms with E-state index in [1.54, 1.807) is 0 Å². The molecule has 0 saturated carbocycles. The van der Waals surface area contributed by atoms with E-state index in [4.69, 9.17) is 0 Å². The van der Waals surface area contributed by atoms with E-state index in [-0.39, 0.29) is 12.5 Å². The fourth-order valence-electron chi connectivity index (χ4n) is 1.39. The largest absolute Gasteiger partial charge is 0.443 e. The van der Waals surface area contributed by atoms with Gasteiger partial charge in [-0.2, -0.15) is 13.2 Å². The fraction of sp³-hybridized carbons (Fsp3) is 0.308. The van der Waals surface area contributed by atoms with Crippen molar-refractivity contribution >= 4 is 12.0 Å². The van der Waals surface area contributed by atoms with Crippen molar-refractivity contribution in [3.05, 3.63) is 42.0 Å². The number of halogens is 5. The number of alkyl halides is 5. The molecule has 0 bridgehead atoms. The van der Waals surface area contributed by atoms with Crippen LogP contribution < -0.4 is 0 Å². The molecular formula is C13H11F5O2. The third kappa shape index (κ3) is 4.04. The summed E-state index contributed by atoms with van der Waals surface area (Å²) in [5, 5.41) is 0. The molecule has 0 radical (unpaired) electrons. The van der Waals surface area contributed by atoms with Crippen LogP contribution in [0.2, 0.25) is 0 Å². The summed E-state index contributed by atoms with van der Waals surface area (Å²) in [5.74, 6) is -5.70. The number of hydrogen-bond acceptors (Lipinski definition) is 2. The van der Waals surface area contributed by atoms with Gasteiger partial charge in [0.05, 0.1) is 5.56 Å². The molecule has 0 aliphatic rings. The second-order valence-electron chi connectivity index (χ2n) is 4.11. The minimum Gasteiger partial charge on any atom is -0.443 e. The number of rotatable bonds is 4. The topological polar surface area (TPSA) is 26.3 Å². The van der Waals surface area contributed by atoms with Crippen LogP contribution >= 0.6 is 0 Å². The summed E-state index contributed by atoms with van der Waals surface area (Å²) in [4.78, 5) is 11.5. The van der Waals surface area contributed by atoms with Crippen LogP contribution in [0.1, 0.15) is 22.8 Å². The van der Waals surface area contributed by atoms with Gasteiger partial charge in [0.25, 0.3) is 12.0 Å². The van der Waals surface area contributed by atoms with E-state index in [2.05, 4.69) is 11.3 Å². The van der Waals surface area contributed by atoms with Crippen LogP contribution in [0, 0.1) is 0 Å². The minimum absolute atomic E-state index is 0.0409. The Balaban J connectivity index is 2.93. The molecule has 7 heteroatoms. The lowest BCUT2D eigenvalue weighted by Crippen LogP contribution is -2.46. The van der Waals surface area contributed by atoms with E-state index in [0.717, 1.165) is 0 Å². The number of esters is 1. The zero-order valence-corrected chi connectivity index (χ0v) is 10.4. The Hall–Kier alpha value is -1.92. The van der Waals surface area contributed by atoms with Crippen LogP contribution in [0.5, 0.6) is 0 Å². The lowest BCUT2D eigenvalue weighted by atomic mass is 10.1. The van der Waals surface area contributed by atoms with Gasteiger partial charge in [-0.3, -0.25) is 0 Å². The molecule has 1 aromatic rings. The average molecular weight is 294 g/mol. The first-order valence-corrected chi connectivity index (χ1v) is 5.43. The Kier molecular flexibility index (Phi) is 4.52. The Morgan fingerprint density at radius 1 is 1.20 bits per heavy atom. The minimum atomic E-state index is -5.35. The second-order valence-corrected chi connectivity index (χ2v) is 4.11. The number of carbonyl (C=O) groups excluding carboxylic acids is 1. The van der Waals surface area contributed by atoms with Crippen molar-refractivity contribution in [2.24, 2.45) is 0 Å². The Bertz CT molecular complexity index is 471. The van der Waals surface area contributed by atoms with Crippen LogP contribution in [0.4, 0.5) is 22.0 Å². The van der Waals surface area contributed by atoms with Gasteiger partial charge in [0.2, 0.25) is 0 Å². The molecule has 0 spiro atoms. The van der Waals surface area contributed by atoms with Crippen molar-refractivity contribution in [2.75, 3.05) is 0 Å². The van der Waals surface area contributed by atoms with Crippen LogP contribution in [0.3, 0.4) is 0 Å². The zero-order valence-electron chi connectivity index (χ0n) is 10.4. The van der Waals surface area contributed by atoms with E-state index < -0.39 is 24.2 Å². The highest BCUT2D eigenvalue weighted by Gasteiger charge is 2.56. The number of ether oxygens (including phenoxy) is 1. The van der Waals surface area contributed by atoms with E-state index in [1.807, 2.05) is 0 Å². The molecule has 0 amide bonds. The Morgan fingerprint density at radius 3 is 2.05 bits per heavy atom. The van der Waals surface area contributed by atoms with E-state index in [9.17, 15) is 26.7 Å². The molecule has 0 saturated heterocycles. The number of carbonyl (C=O) groups is 1. The Morgan fingerprint density at radius 2 is 1.70 bits per heavy atom. The first-order chi connectivity index (χ1) is 9.05. The van der Waals surface area contributed by atoms with Gasteiger partial charge in [-0.25, -0.2) is 13.6 Å². The molecule has 1 atom stereocenters. The molecule has 1 unspecified atom stereocenters. The molecule has 1 rings (SSSR count). The maximum Gasteiger partial charge on any atom is 0.431 e.